The third kappa shape index (κ3) is 2.93. The van der Waals surface area contributed by atoms with E-state index in [0.29, 0.717) is 6.04 Å². The highest BCUT2D eigenvalue weighted by molar-refractivity contribution is 5.34. The fraction of sp³-hybridized carbons (Fsp3) is 0.294. The van der Waals surface area contributed by atoms with E-state index in [1.54, 1.807) is 12.1 Å². The number of rotatable bonds is 3. The molecule has 3 nitrogen and oxygen atoms in total. The van der Waals surface area contributed by atoms with Crippen molar-refractivity contribution in [3.05, 3.63) is 65.2 Å². The first-order chi connectivity index (χ1) is 10.3. The van der Waals surface area contributed by atoms with Crippen molar-refractivity contribution in [2.75, 3.05) is 6.54 Å². The summed E-state index contributed by atoms with van der Waals surface area (Å²) in [7, 11) is 0. The smallest absolute Gasteiger partial charge is 0.140 e. The zero-order valence-electron chi connectivity index (χ0n) is 11.7. The molecule has 2 aromatic rings. The molecule has 1 fully saturated rings. The van der Waals surface area contributed by atoms with Crippen LogP contribution in [0, 0.1) is 17.1 Å². The zero-order chi connectivity index (χ0) is 14.7. The summed E-state index contributed by atoms with van der Waals surface area (Å²) in [6.45, 7) is 1.76. The lowest BCUT2D eigenvalue weighted by molar-refractivity contribution is 0.248. The van der Waals surface area contributed by atoms with Crippen LogP contribution in [0.4, 0.5) is 4.39 Å². The number of nitriles is 1. The van der Waals surface area contributed by atoms with Crippen LogP contribution in [0.2, 0.25) is 0 Å². The molecule has 0 unspecified atom stereocenters. The molecule has 0 spiro atoms. The van der Waals surface area contributed by atoms with Crippen molar-refractivity contribution in [2.24, 2.45) is 0 Å². The van der Waals surface area contributed by atoms with Gasteiger partial charge in [-0.25, -0.2) is 4.39 Å². The molecule has 2 heterocycles. The molecular weight excluding hydrogens is 265 g/mol. The van der Waals surface area contributed by atoms with Crippen molar-refractivity contribution in [3.8, 4) is 6.07 Å². The van der Waals surface area contributed by atoms with Gasteiger partial charge in [-0.2, -0.15) is 5.26 Å². The Balaban J connectivity index is 1.79. The SMILES string of the molecule is N#Cc1cc(CN2CCC[C@H]2c2ccncc2)ccc1F. The quantitative estimate of drug-likeness (QED) is 0.865. The monoisotopic (exact) mass is 281 g/mol. The number of hydrogen-bond acceptors (Lipinski definition) is 3. The molecule has 1 aliphatic heterocycles. The summed E-state index contributed by atoms with van der Waals surface area (Å²) < 4.78 is 13.4. The van der Waals surface area contributed by atoms with Crippen molar-refractivity contribution in [1.29, 1.82) is 5.26 Å². The van der Waals surface area contributed by atoms with Crippen molar-refractivity contribution in [1.82, 2.24) is 9.88 Å². The molecule has 0 radical (unpaired) electrons. The molecule has 0 N–H and O–H groups in total. The molecule has 1 aromatic carbocycles. The molecule has 21 heavy (non-hydrogen) atoms. The Morgan fingerprint density at radius 3 is 2.86 bits per heavy atom. The highest BCUT2D eigenvalue weighted by Crippen LogP contribution is 2.32. The van der Waals surface area contributed by atoms with E-state index in [1.165, 1.54) is 11.6 Å². The minimum Gasteiger partial charge on any atom is -0.292 e. The average Bonchev–Trinajstić information content (AvgIpc) is 2.98. The van der Waals surface area contributed by atoms with Crippen LogP contribution >= 0.6 is 0 Å². The normalized spacial score (nSPS) is 18.6. The molecule has 1 aromatic heterocycles. The molecule has 1 atom stereocenters. The minimum atomic E-state index is -0.451. The standard InChI is InChI=1S/C17H16FN3/c18-16-4-3-13(10-15(16)11-19)12-21-9-1-2-17(21)14-5-7-20-8-6-14/h3-8,10,17H,1-2,9,12H2/t17-/m0/s1. The third-order valence-corrected chi connectivity index (χ3v) is 3.99. The Morgan fingerprint density at radius 1 is 1.29 bits per heavy atom. The van der Waals surface area contributed by atoms with Gasteiger partial charge in [-0.3, -0.25) is 9.88 Å². The Hall–Kier alpha value is -2.25. The number of likely N-dealkylation sites (tertiary alicyclic amines) is 1. The average molecular weight is 281 g/mol. The molecule has 4 heteroatoms. The van der Waals surface area contributed by atoms with Crippen LogP contribution in [0.5, 0.6) is 0 Å². The molecule has 0 amide bonds. The van der Waals surface area contributed by atoms with Crippen LogP contribution in [0.25, 0.3) is 0 Å². The van der Waals surface area contributed by atoms with Crippen molar-refractivity contribution < 1.29 is 4.39 Å². The van der Waals surface area contributed by atoms with Crippen molar-refractivity contribution >= 4 is 0 Å². The topological polar surface area (TPSA) is 39.9 Å². The van der Waals surface area contributed by atoms with Gasteiger partial charge in [0.25, 0.3) is 0 Å². The summed E-state index contributed by atoms with van der Waals surface area (Å²) in [4.78, 5) is 6.44. The summed E-state index contributed by atoms with van der Waals surface area (Å²) in [6.07, 6.45) is 5.91. The molecule has 0 saturated carbocycles. The zero-order valence-corrected chi connectivity index (χ0v) is 11.7. The van der Waals surface area contributed by atoms with Crippen molar-refractivity contribution in [2.45, 2.75) is 25.4 Å². The third-order valence-electron chi connectivity index (χ3n) is 3.99. The first-order valence-corrected chi connectivity index (χ1v) is 7.10. The highest BCUT2D eigenvalue weighted by Gasteiger charge is 2.25. The Labute approximate surface area is 123 Å². The van der Waals surface area contributed by atoms with Gasteiger partial charge in [-0.15, -0.1) is 0 Å². The highest BCUT2D eigenvalue weighted by atomic mass is 19.1. The summed E-state index contributed by atoms with van der Waals surface area (Å²) in [6, 6.07) is 11.2. The molecule has 3 rings (SSSR count). The van der Waals surface area contributed by atoms with Gasteiger partial charge in [0, 0.05) is 25.0 Å². The number of benzene rings is 1. The summed E-state index contributed by atoms with van der Waals surface area (Å²) in [5, 5.41) is 8.92. The van der Waals surface area contributed by atoms with Crippen molar-refractivity contribution in [3.63, 3.8) is 0 Å². The second-order valence-electron chi connectivity index (χ2n) is 5.34. The number of aromatic nitrogens is 1. The lowest BCUT2D eigenvalue weighted by atomic mass is 10.1. The van der Waals surface area contributed by atoms with Crippen LogP contribution in [0.3, 0.4) is 0 Å². The maximum absolute atomic E-state index is 13.4. The van der Waals surface area contributed by atoms with E-state index in [9.17, 15) is 4.39 Å². The summed E-state index contributed by atoms with van der Waals surface area (Å²) in [5.41, 5.74) is 2.37. The van der Waals surface area contributed by atoms with E-state index in [-0.39, 0.29) is 5.56 Å². The van der Waals surface area contributed by atoms with Crippen LogP contribution in [-0.2, 0) is 6.54 Å². The van der Waals surface area contributed by atoms with E-state index in [2.05, 4.69) is 9.88 Å². The molecule has 106 valence electrons. The minimum absolute atomic E-state index is 0.118. The Bertz CT molecular complexity index is 663. The predicted molar refractivity (Wildman–Crippen MR) is 77.7 cm³/mol. The molecule has 1 aliphatic rings. The second kappa shape index (κ2) is 6.02. The lowest BCUT2D eigenvalue weighted by Crippen LogP contribution is -2.22. The van der Waals surface area contributed by atoms with Gasteiger partial charge in [0.15, 0.2) is 0 Å². The van der Waals surface area contributed by atoms with Crippen LogP contribution < -0.4 is 0 Å². The van der Waals surface area contributed by atoms with E-state index in [1.807, 2.05) is 30.6 Å². The fourth-order valence-electron chi connectivity index (χ4n) is 2.97. The van der Waals surface area contributed by atoms with E-state index in [4.69, 9.17) is 5.26 Å². The molecule has 0 aliphatic carbocycles. The van der Waals surface area contributed by atoms with Gasteiger partial charge in [-0.05, 0) is 54.8 Å². The molecular formula is C17H16FN3. The first kappa shape index (κ1) is 13.7. The van der Waals surface area contributed by atoms with E-state index in [0.717, 1.165) is 31.5 Å². The van der Waals surface area contributed by atoms with Crippen LogP contribution in [0.15, 0.2) is 42.7 Å². The van der Waals surface area contributed by atoms with E-state index < -0.39 is 5.82 Å². The first-order valence-electron chi connectivity index (χ1n) is 7.10. The number of hydrogen-bond donors (Lipinski definition) is 0. The second-order valence-corrected chi connectivity index (χ2v) is 5.34. The Kier molecular flexibility index (Phi) is 3.94. The summed E-state index contributed by atoms with van der Waals surface area (Å²) in [5.74, 6) is -0.451. The van der Waals surface area contributed by atoms with Gasteiger partial charge in [0.05, 0.1) is 5.56 Å². The van der Waals surface area contributed by atoms with Gasteiger partial charge in [-0.1, -0.05) is 6.07 Å². The molecule has 1 saturated heterocycles. The maximum atomic E-state index is 13.4. The summed E-state index contributed by atoms with van der Waals surface area (Å²) >= 11 is 0. The van der Waals surface area contributed by atoms with Crippen LogP contribution in [0.1, 0.15) is 35.6 Å². The Morgan fingerprint density at radius 2 is 2.10 bits per heavy atom. The van der Waals surface area contributed by atoms with Gasteiger partial charge in [0.2, 0.25) is 0 Å². The lowest BCUT2D eigenvalue weighted by Gasteiger charge is -2.24. The number of pyridine rings is 1. The fourth-order valence-corrected chi connectivity index (χ4v) is 2.97. The van der Waals surface area contributed by atoms with Crippen LogP contribution in [-0.4, -0.2) is 16.4 Å². The van der Waals surface area contributed by atoms with E-state index >= 15 is 0 Å². The number of nitrogens with zero attached hydrogens (tertiary/aromatic N) is 3. The number of halogens is 1. The predicted octanol–water partition coefficient (Wildman–Crippen LogP) is 3.43. The maximum Gasteiger partial charge on any atom is 0.140 e. The van der Waals surface area contributed by atoms with Gasteiger partial charge >= 0.3 is 0 Å². The molecule has 0 bridgehead atoms. The van der Waals surface area contributed by atoms with Gasteiger partial charge in [0.1, 0.15) is 11.9 Å². The van der Waals surface area contributed by atoms with Gasteiger partial charge < -0.3 is 0 Å². The largest absolute Gasteiger partial charge is 0.292 e.